The fourth-order valence-electron chi connectivity index (χ4n) is 5.35. The van der Waals surface area contributed by atoms with Crippen LogP contribution in [0.15, 0.2) is 46.9 Å². The normalized spacial score (nSPS) is 20.6. The number of benzene rings is 2. The molecular formula is C27H30BrCl2N3O4. The number of piperidine rings is 2. The molecule has 10 heteroatoms. The minimum atomic E-state index is -0.510. The van der Waals surface area contributed by atoms with Crippen molar-refractivity contribution in [3.63, 3.8) is 0 Å². The zero-order valence-corrected chi connectivity index (χ0v) is 23.7. The van der Waals surface area contributed by atoms with Gasteiger partial charge in [-0.3, -0.25) is 14.4 Å². The van der Waals surface area contributed by atoms with Crippen LogP contribution in [0, 0.1) is 5.92 Å². The Morgan fingerprint density at radius 3 is 2.24 bits per heavy atom. The largest absolute Gasteiger partial charge is 0.387 e. The van der Waals surface area contributed by atoms with Gasteiger partial charge in [-0.15, -0.1) is 0 Å². The monoisotopic (exact) mass is 609 g/mol. The molecule has 2 atom stereocenters. The van der Waals surface area contributed by atoms with E-state index in [9.17, 15) is 14.4 Å². The van der Waals surface area contributed by atoms with E-state index in [2.05, 4.69) is 15.9 Å². The van der Waals surface area contributed by atoms with E-state index in [1.165, 1.54) is 0 Å². The number of hydrogen-bond donors (Lipinski definition) is 1. The summed E-state index contributed by atoms with van der Waals surface area (Å²) in [6, 6.07) is 12.6. The molecule has 0 radical (unpaired) electrons. The van der Waals surface area contributed by atoms with E-state index in [0.717, 1.165) is 10.0 Å². The molecule has 37 heavy (non-hydrogen) atoms. The second-order valence-electron chi connectivity index (χ2n) is 9.66. The van der Waals surface area contributed by atoms with E-state index in [1.807, 2.05) is 36.2 Å². The Balaban J connectivity index is 1.53. The van der Waals surface area contributed by atoms with Gasteiger partial charge in [0.2, 0.25) is 11.8 Å². The highest BCUT2D eigenvalue weighted by Gasteiger charge is 2.39. The van der Waals surface area contributed by atoms with Crippen molar-refractivity contribution in [1.29, 1.82) is 0 Å². The molecule has 2 aromatic carbocycles. The minimum Gasteiger partial charge on any atom is -0.387 e. The van der Waals surface area contributed by atoms with Crippen LogP contribution in [-0.2, 0) is 9.59 Å². The van der Waals surface area contributed by atoms with Gasteiger partial charge in [0.1, 0.15) is 6.61 Å². The molecule has 0 saturated carbocycles. The summed E-state index contributed by atoms with van der Waals surface area (Å²) in [7, 11) is 1.81. The standard InChI is InChI=1S/C27H30BrCl2N3O4/c1-31(26(36)17-2-5-20(28)6-3-17)24-10-13-33(15-21(24)19-4-7-22(29)23(30)14-19)27(37)18-8-11-32(12-9-18)25(35)16-34/h2-7,14,18,21,24,34H,8-13,15-16H2,1H3/t21-,24+/m0/s1. The summed E-state index contributed by atoms with van der Waals surface area (Å²) in [5.41, 5.74) is 1.52. The van der Waals surface area contributed by atoms with Crippen LogP contribution in [0.3, 0.4) is 0 Å². The third kappa shape index (κ3) is 6.30. The second-order valence-corrected chi connectivity index (χ2v) is 11.4. The number of carbonyl (C=O) groups is 3. The molecule has 2 aromatic rings. The van der Waals surface area contributed by atoms with E-state index in [0.29, 0.717) is 61.1 Å². The molecule has 0 aliphatic carbocycles. The van der Waals surface area contributed by atoms with Crippen LogP contribution in [0.5, 0.6) is 0 Å². The number of hydrogen-bond acceptors (Lipinski definition) is 4. The zero-order valence-electron chi connectivity index (χ0n) is 20.6. The number of amides is 3. The molecule has 198 valence electrons. The summed E-state index contributed by atoms with van der Waals surface area (Å²) in [6.07, 6.45) is 1.77. The highest BCUT2D eigenvalue weighted by atomic mass is 79.9. The van der Waals surface area contributed by atoms with Crippen molar-refractivity contribution in [2.75, 3.05) is 39.8 Å². The topological polar surface area (TPSA) is 81.2 Å². The van der Waals surface area contributed by atoms with Crippen LogP contribution in [0.2, 0.25) is 10.0 Å². The summed E-state index contributed by atoms with van der Waals surface area (Å²) < 4.78 is 0.902. The maximum atomic E-state index is 13.5. The molecule has 2 heterocycles. The lowest BCUT2D eigenvalue weighted by molar-refractivity contribution is -0.143. The predicted octanol–water partition coefficient (Wildman–Crippen LogP) is 4.44. The lowest BCUT2D eigenvalue weighted by Gasteiger charge is -2.44. The Morgan fingerprint density at radius 2 is 1.62 bits per heavy atom. The smallest absolute Gasteiger partial charge is 0.253 e. The van der Waals surface area contributed by atoms with Gasteiger partial charge in [-0.05, 0) is 61.2 Å². The van der Waals surface area contributed by atoms with Gasteiger partial charge >= 0.3 is 0 Å². The number of carbonyl (C=O) groups excluding carboxylic acids is 3. The molecule has 7 nitrogen and oxygen atoms in total. The van der Waals surface area contributed by atoms with Gasteiger partial charge in [-0.2, -0.15) is 0 Å². The quantitative estimate of drug-likeness (QED) is 0.543. The van der Waals surface area contributed by atoms with Crippen molar-refractivity contribution in [2.24, 2.45) is 5.92 Å². The molecule has 0 unspecified atom stereocenters. The molecule has 4 rings (SSSR count). The van der Waals surface area contributed by atoms with Gasteiger partial charge in [0, 0.05) is 61.1 Å². The molecule has 0 bridgehead atoms. The van der Waals surface area contributed by atoms with E-state index in [1.54, 1.807) is 28.0 Å². The maximum Gasteiger partial charge on any atom is 0.253 e. The van der Waals surface area contributed by atoms with E-state index in [-0.39, 0.29) is 35.6 Å². The number of nitrogens with zero attached hydrogens (tertiary/aromatic N) is 3. The first-order valence-corrected chi connectivity index (χ1v) is 13.9. The Hall–Kier alpha value is -2.13. The van der Waals surface area contributed by atoms with Crippen LogP contribution in [0.4, 0.5) is 0 Å². The van der Waals surface area contributed by atoms with Crippen molar-refractivity contribution in [1.82, 2.24) is 14.7 Å². The number of likely N-dealkylation sites (N-methyl/N-ethyl adjacent to an activating group) is 1. The summed E-state index contributed by atoms with van der Waals surface area (Å²) >= 11 is 15.9. The number of aliphatic hydroxyl groups excluding tert-OH is 1. The Morgan fingerprint density at radius 1 is 0.973 bits per heavy atom. The van der Waals surface area contributed by atoms with Gasteiger partial charge in [0.25, 0.3) is 5.91 Å². The summed E-state index contributed by atoms with van der Waals surface area (Å²) in [5, 5.41) is 10.0. The van der Waals surface area contributed by atoms with Crippen molar-refractivity contribution in [3.8, 4) is 0 Å². The third-order valence-corrected chi connectivity index (χ3v) is 8.77. The predicted molar refractivity (Wildman–Crippen MR) is 147 cm³/mol. The highest BCUT2D eigenvalue weighted by molar-refractivity contribution is 9.10. The summed E-state index contributed by atoms with van der Waals surface area (Å²) in [5.74, 6) is -0.626. The summed E-state index contributed by atoms with van der Waals surface area (Å²) in [4.78, 5) is 43.9. The number of rotatable bonds is 5. The first-order chi connectivity index (χ1) is 17.7. The van der Waals surface area contributed by atoms with Gasteiger partial charge < -0.3 is 19.8 Å². The first-order valence-electron chi connectivity index (χ1n) is 12.3. The SMILES string of the molecule is CN(C(=O)c1ccc(Br)cc1)[C@@H]1CCN(C(=O)C2CCN(C(=O)CO)CC2)C[C@H]1c1ccc(Cl)c(Cl)c1. The minimum absolute atomic E-state index is 0.0708. The molecular weight excluding hydrogens is 581 g/mol. The lowest BCUT2D eigenvalue weighted by Crippen LogP contribution is -2.53. The fraction of sp³-hybridized carbons (Fsp3) is 0.444. The van der Waals surface area contributed by atoms with E-state index >= 15 is 0 Å². The molecule has 2 aliphatic rings. The number of likely N-dealkylation sites (tertiary alicyclic amines) is 2. The average molecular weight is 611 g/mol. The number of halogens is 3. The summed E-state index contributed by atoms with van der Waals surface area (Å²) in [6.45, 7) is 1.41. The molecule has 3 amide bonds. The first kappa shape index (κ1) is 27.9. The van der Waals surface area contributed by atoms with E-state index in [4.69, 9.17) is 28.3 Å². The van der Waals surface area contributed by atoms with Crippen molar-refractivity contribution < 1.29 is 19.5 Å². The zero-order chi connectivity index (χ0) is 26.7. The van der Waals surface area contributed by atoms with Crippen LogP contribution in [0.25, 0.3) is 0 Å². The Labute approximate surface area is 235 Å². The van der Waals surface area contributed by atoms with Crippen LogP contribution in [0.1, 0.15) is 41.1 Å². The van der Waals surface area contributed by atoms with Crippen LogP contribution >= 0.6 is 39.1 Å². The van der Waals surface area contributed by atoms with Gasteiger partial charge in [-0.1, -0.05) is 45.2 Å². The van der Waals surface area contributed by atoms with Crippen molar-refractivity contribution in [3.05, 3.63) is 68.1 Å². The fourth-order valence-corrected chi connectivity index (χ4v) is 5.93. The van der Waals surface area contributed by atoms with Gasteiger partial charge in [0.05, 0.1) is 10.0 Å². The van der Waals surface area contributed by atoms with Crippen LogP contribution < -0.4 is 0 Å². The molecule has 0 aromatic heterocycles. The molecule has 1 N–H and O–H groups in total. The Bertz CT molecular complexity index is 1150. The van der Waals surface area contributed by atoms with Crippen molar-refractivity contribution >= 4 is 56.9 Å². The third-order valence-electron chi connectivity index (χ3n) is 7.50. The van der Waals surface area contributed by atoms with Gasteiger partial charge in [0.15, 0.2) is 0 Å². The van der Waals surface area contributed by atoms with Crippen LogP contribution in [-0.4, -0.2) is 83.4 Å². The maximum absolute atomic E-state index is 13.5. The molecule has 2 fully saturated rings. The van der Waals surface area contributed by atoms with E-state index < -0.39 is 6.61 Å². The highest BCUT2D eigenvalue weighted by Crippen LogP contribution is 2.35. The second kappa shape index (κ2) is 12.2. The van der Waals surface area contributed by atoms with Gasteiger partial charge in [-0.25, -0.2) is 0 Å². The molecule has 2 saturated heterocycles. The lowest BCUT2D eigenvalue weighted by atomic mass is 9.83. The molecule has 0 spiro atoms. The van der Waals surface area contributed by atoms with Crippen molar-refractivity contribution in [2.45, 2.75) is 31.2 Å². The molecule has 2 aliphatic heterocycles. The number of aliphatic hydroxyl groups is 1. The Kier molecular flexibility index (Phi) is 9.16. The average Bonchev–Trinajstić information content (AvgIpc) is 2.93.